The Morgan fingerprint density at radius 3 is 2.81 bits per heavy atom. The third-order valence-corrected chi connectivity index (χ3v) is 3.43. The van der Waals surface area contributed by atoms with E-state index in [1.165, 1.54) is 0 Å². The first-order chi connectivity index (χ1) is 7.77. The number of hydrogen-bond donors (Lipinski definition) is 1. The molecule has 1 fully saturated rings. The summed E-state index contributed by atoms with van der Waals surface area (Å²) < 4.78 is 12.0. The number of para-hydroxylation sites is 1. The first-order valence-electron chi connectivity index (χ1n) is 5.52. The lowest BCUT2D eigenvalue weighted by molar-refractivity contribution is 0.0497. The molecule has 0 spiro atoms. The van der Waals surface area contributed by atoms with E-state index in [0.29, 0.717) is 11.6 Å². The summed E-state index contributed by atoms with van der Waals surface area (Å²) in [6.45, 7) is 2.41. The van der Waals surface area contributed by atoms with Crippen LogP contribution in [0, 0.1) is 5.92 Å². The van der Waals surface area contributed by atoms with Gasteiger partial charge in [-0.2, -0.15) is 0 Å². The molecule has 0 unspecified atom stereocenters. The summed E-state index contributed by atoms with van der Waals surface area (Å²) >= 11 is 3.44. The van der Waals surface area contributed by atoms with Crippen molar-refractivity contribution < 1.29 is 9.47 Å². The smallest absolute Gasteiger partial charge is 0.156 e. The standard InChI is InChI=1S/C12H16BrNO2/c13-10-2-1-3-11(14)12(10)16-8-9-4-6-15-7-5-9/h1-3,9H,4-8,14H2. The molecule has 1 aromatic carbocycles. The molecule has 0 bridgehead atoms. The lowest BCUT2D eigenvalue weighted by Crippen LogP contribution is -2.21. The van der Waals surface area contributed by atoms with Gasteiger partial charge in [-0.15, -0.1) is 0 Å². The van der Waals surface area contributed by atoms with Gasteiger partial charge in [-0.25, -0.2) is 0 Å². The van der Waals surface area contributed by atoms with Crippen LogP contribution in [-0.2, 0) is 4.74 Å². The number of nitrogen functional groups attached to an aromatic ring is 1. The number of hydrogen-bond acceptors (Lipinski definition) is 3. The second-order valence-electron chi connectivity index (χ2n) is 4.02. The minimum atomic E-state index is 0.584. The lowest BCUT2D eigenvalue weighted by atomic mass is 10.0. The summed E-state index contributed by atoms with van der Waals surface area (Å²) in [6, 6.07) is 5.69. The Morgan fingerprint density at radius 2 is 2.12 bits per heavy atom. The SMILES string of the molecule is Nc1cccc(Br)c1OCC1CCOCC1. The Labute approximate surface area is 104 Å². The van der Waals surface area contributed by atoms with Crippen LogP contribution in [0.4, 0.5) is 5.69 Å². The maximum Gasteiger partial charge on any atom is 0.156 e. The molecular formula is C12H16BrNO2. The van der Waals surface area contributed by atoms with Gasteiger partial charge in [-0.1, -0.05) is 6.07 Å². The summed E-state index contributed by atoms with van der Waals surface area (Å²) in [6.07, 6.45) is 2.15. The van der Waals surface area contributed by atoms with E-state index in [4.69, 9.17) is 15.2 Å². The van der Waals surface area contributed by atoms with E-state index in [-0.39, 0.29) is 0 Å². The van der Waals surface area contributed by atoms with Crippen LogP contribution < -0.4 is 10.5 Å². The van der Waals surface area contributed by atoms with Gasteiger partial charge in [0.15, 0.2) is 5.75 Å². The summed E-state index contributed by atoms with van der Waals surface area (Å²) in [7, 11) is 0. The fourth-order valence-electron chi connectivity index (χ4n) is 1.79. The topological polar surface area (TPSA) is 44.5 Å². The van der Waals surface area contributed by atoms with Gasteiger partial charge in [0.25, 0.3) is 0 Å². The highest BCUT2D eigenvalue weighted by Gasteiger charge is 2.15. The number of nitrogens with two attached hydrogens (primary N) is 1. The van der Waals surface area contributed by atoms with Crippen LogP contribution in [0.3, 0.4) is 0 Å². The molecule has 1 aromatic rings. The molecule has 2 rings (SSSR count). The predicted octanol–water partition coefficient (Wildman–Crippen LogP) is 2.84. The third kappa shape index (κ3) is 2.89. The van der Waals surface area contributed by atoms with Gasteiger partial charge in [0.2, 0.25) is 0 Å². The molecule has 4 heteroatoms. The zero-order valence-electron chi connectivity index (χ0n) is 9.12. The minimum absolute atomic E-state index is 0.584. The van der Waals surface area contributed by atoms with Gasteiger partial charge >= 0.3 is 0 Å². The molecular weight excluding hydrogens is 270 g/mol. The van der Waals surface area contributed by atoms with Gasteiger partial charge in [-0.05, 0) is 46.8 Å². The number of rotatable bonds is 3. The van der Waals surface area contributed by atoms with Crippen molar-refractivity contribution in [2.45, 2.75) is 12.8 Å². The second-order valence-corrected chi connectivity index (χ2v) is 4.88. The predicted molar refractivity (Wildman–Crippen MR) is 67.6 cm³/mol. The molecule has 2 N–H and O–H groups in total. The lowest BCUT2D eigenvalue weighted by Gasteiger charge is -2.22. The van der Waals surface area contributed by atoms with Gasteiger partial charge in [0, 0.05) is 13.2 Å². The summed E-state index contributed by atoms with van der Waals surface area (Å²) in [5, 5.41) is 0. The van der Waals surface area contributed by atoms with Crippen molar-refractivity contribution >= 4 is 21.6 Å². The zero-order chi connectivity index (χ0) is 11.4. The minimum Gasteiger partial charge on any atom is -0.490 e. The maximum atomic E-state index is 5.86. The Morgan fingerprint density at radius 1 is 1.38 bits per heavy atom. The number of anilines is 1. The Balaban J connectivity index is 1.93. The van der Waals surface area contributed by atoms with Crippen LogP contribution in [0.1, 0.15) is 12.8 Å². The molecule has 0 saturated carbocycles. The molecule has 1 saturated heterocycles. The summed E-state index contributed by atoms with van der Waals surface area (Å²) in [4.78, 5) is 0. The molecule has 0 aliphatic carbocycles. The molecule has 0 atom stereocenters. The first kappa shape index (κ1) is 11.7. The Bertz CT molecular complexity index is 331. The number of ether oxygens (including phenoxy) is 2. The largest absolute Gasteiger partial charge is 0.490 e. The van der Waals surface area contributed by atoms with Crippen LogP contribution in [-0.4, -0.2) is 19.8 Å². The molecule has 0 amide bonds. The average molecular weight is 286 g/mol. The van der Waals surface area contributed by atoms with E-state index in [2.05, 4.69) is 15.9 Å². The van der Waals surface area contributed by atoms with E-state index in [1.54, 1.807) is 0 Å². The molecule has 3 nitrogen and oxygen atoms in total. The average Bonchev–Trinajstić information content (AvgIpc) is 2.30. The molecule has 88 valence electrons. The molecule has 16 heavy (non-hydrogen) atoms. The Hall–Kier alpha value is -0.740. The second kappa shape index (κ2) is 5.55. The van der Waals surface area contributed by atoms with Crippen molar-refractivity contribution in [3.63, 3.8) is 0 Å². The van der Waals surface area contributed by atoms with Crippen molar-refractivity contribution in [3.8, 4) is 5.75 Å². The molecule has 0 radical (unpaired) electrons. The number of halogens is 1. The van der Waals surface area contributed by atoms with Crippen molar-refractivity contribution in [1.82, 2.24) is 0 Å². The van der Waals surface area contributed by atoms with Crippen LogP contribution in [0.5, 0.6) is 5.75 Å². The number of benzene rings is 1. The molecule has 1 aliphatic rings. The Kier molecular flexibility index (Phi) is 4.07. The highest BCUT2D eigenvalue weighted by molar-refractivity contribution is 9.10. The van der Waals surface area contributed by atoms with E-state index in [0.717, 1.165) is 42.9 Å². The van der Waals surface area contributed by atoms with Crippen molar-refractivity contribution in [3.05, 3.63) is 22.7 Å². The zero-order valence-corrected chi connectivity index (χ0v) is 10.7. The van der Waals surface area contributed by atoms with Gasteiger partial charge in [0.05, 0.1) is 16.8 Å². The summed E-state index contributed by atoms with van der Waals surface area (Å²) in [5.74, 6) is 1.34. The van der Waals surface area contributed by atoms with Gasteiger partial charge < -0.3 is 15.2 Å². The first-order valence-corrected chi connectivity index (χ1v) is 6.31. The fourth-order valence-corrected chi connectivity index (χ4v) is 2.29. The van der Waals surface area contributed by atoms with E-state index >= 15 is 0 Å². The molecule has 1 heterocycles. The van der Waals surface area contributed by atoms with E-state index < -0.39 is 0 Å². The molecule has 1 aliphatic heterocycles. The van der Waals surface area contributed by atoms with E-state index in [9.17, 15) is 0 Å². The van der Waals surface area contributed by atoms with Crippen LogP contribution >= 0.6 is 15.9 Å². The fraction of sp³-hybridized carbons (Fsp3) is 0.500. The van der Waals surface area contributed by atoms with Gasteiger partial charge in [-0.3, -0.25) is 0 Å². The highest BCUT2D eigenvalue weighted by Crippen LogP contribution is 2.31. The van der Waals surface area contributed by atoms with Crippen LogP contribution in [0.15, 0.2) is 22.7 Å². The van der Waals surface area contributed by atoms with Gasteiger partial charge in [0.1, 0.15) is 0 Å². The monoisotopic (exact) mass is 285 g/mol. The normalized spacial score (nSPS) is 17.3. The van der Waals surface area contributed by atoms with Crippen molar-refractivity contribution in [2.24, 2.45) is 5.92 Å². The van der Waals surface area contributed by atoms with Crippen molar-refractivity contribution in [1.29, 1.82) is 0 Å². The van der Waals surface area contributed by atoms with Crippen molar-refractivity contribution in [2.75, 3.05) is 25.6 Å². The maximum absolute atomic E-state index is 5.86. The highest BCUT2D eigenvalue weighted by atomic mass is 79.9. The quantitative estimate of drug-likeness (QED) is 0.869. The van der Waals surface area contributed by atoms with Crippen LogP contribution in [0.25, 0.3) is 0 Å². The van der Waals surface area contributed by atoms with Crippen LogP contribution in [0.2, 0.25) is 0 Å². The van der Waals surface area contributed by atoms with E-state index in [1.807, 2.05) is 18.2 Å². The third-order valence-electron chi connectivity index (χ3n) is 2.80. The summed E-state index contributed by atoms with van der Waals surface area (Å²) in [5.41, 5.74) is 6.54. The molecule has 0 aromatic heterocycles.